The smallest absolute Gasteiger partial charge is 0.297 e. The minimum Gasteiger partial charge on any atom is -0.490 e. The van der Waals surface area contributed by atoms with E-state index in [-0.39, 0.29) is 18.5 Å². The van der Waals surface area contributed by atoms with Gasteiger partial charge in [-0.3, -0.25) is 9.38 Å². The van der Waals surface area contributed by atoms with Crippen LogP contribution in [0, 0.1) is 0 Å². The van der Waals surface area contributed by atoms with Crippen molar-refractivity contribution in [2.24, 2.45) is 0 Å². The number of benzene rings is 1. The van der Waals surface area contributed by atoms with Gasteiger partial charge in [0.05, 0.1) is 11.9 Å². The lowest BCUT2D eigenvalue weighted by Crippen LogP contribution is -2.43. The predicted molar refractivity (Wildman–Crippen MR) is 79.8 cm³/mol. The molecule has 130 valence electrons. The van der Waals surface area contributed by atoms with Gasteiger partial charge in [-0.25, -0.2) is 17.6 Å². The molecule has 0 unspecified atom stereocenters. The molecule has 0 N–H and O–H groups in total. The van der Waals surface area contributed by atoms with Gasteiger partial charge in [-0.05, 0) is 24.3 Å². The standard InChI is InChI=1S/C16H12F4N4O/c17-14(18)15-23-22-13-7-21-12(8-24(13)15)9-1-3-10(4-2-9)25-11-5-16(19,20)6-11/h1-4,7-8,11,14H,5-6H2. The van der Waals surface area contributed by atoms with Crippen molar-refractivity contribution in [2.75, 3.05) is 0 Å². The molecule has 9 heteroatoms. The van der Waals surface area contributed by atoms with Crippen LogP contribution in [-0.2, 0) is 0 Å². The molecule has 1 aliphatic rings. The molecule has 4 rings (SSSR count). The number of ether oxygens (including phenoxy) is 1. The second kappa shape index (κ2) is 5.68. The van der Waals surface area contributed by atoms with Gasteiger partial charge in [0, 0.05) is 24.6 Å². The molecule has 25 heavy (non-hydrogen) atoms. The molecule has 0 saturated heterocycles. The highest BCUT2D eigenvalue weighted by Crippen LogP contribution is 2.39. The molecule has 2 heterocycles. The van der Waals surface area contributed by atoms with Crippen molar-refractivity contribution in [1.29, 1.82) is 0 Å². The molecule has 1 aromatic carbocycles. The molecule has 0 radical (unpaired) electrons. The summed E-state index contributed by atoms with van der Waals surface area (Å²) in [6.07, 6.45) is -1.01. The third-order valence-electron chi connectivity index (χ3n) is 4.02. The minimum absolute atomic E-state index is 0.227. The quantitative estimate of drug-likeness (QED) is 0.668. The van der Waals surface area contributed by atoms with Gasteiger partial charge in [0.15, 0.2) is 5.65 Å². The van der Waals surface area contributed by atoms with Crippen LogP contribution in [0.3, 0.4) is 0 Å². The van der Waals surface area contributed by atoms with E-state index in [1.165, 1.54) is 16.8 Å². The summed E-state index contributed by atoms with van der Waals surface area (Å²) < 4.78 is 58.1. The van der Waals surface area contributed by atoms with E-state index in [1.54, 1.807) is 24.3 Å². The van der Waals surface area contributed by atoms with Crippen LogP contribution in [0.1, 0.15) is 25.1 Å². The van der Waals surface area contributed by atoms with E-state index < -0.39 is 24.3 Å². The molecule has 0 bridgehead atoms. The molecular weight excluding hydrogens is 340 g/mol. The predicted octanol–water partition coefficient (Wildman–Crippen LogP) is 3.91. The first-order chi connectivity index (χ1) is 11.9. The fraction of sp³-hybridized carbons (Fsp3) is 0.312. The van der Waals surface area contributed by atoms with Gasteiger partial charge >= 0.3 is 0 Å². The SMILES string of the molecule is FC(F)c1nnc2cnc(-c3ccc(OC4CC(F)(F)C4)cc3)cn12. The maximum absolute atomic E-state index is 12.9. The van der Waals surface area contributed by atoms with Crippen LogP contribution in [0.4, 0.5) is 17.6 Å². The lowest BCUT2D eigenvalue weighted by Gasteiger charge is -2.34. The first-order valence-corrected chi connectivity index (χ1v) is 7.55. The van der Waals surface area contributed by atoms with Crippen LogP contribution in [0.5, 0.6) is 5.75 Å². The summed E-state index contributed by atoms with van der Waals surface area (Å²) in [6, 6.07) is 6.65. The van der Waals surface area contributed by atoms with Crippen LogP contribution in [0.25, 0.3) is 16.9 Å². The van der Waals surface area contributed by atoms with Gasteiger partial charge in [0.2, 0.25) is 5.82 Å². The monoisotopic (exact) mass is 352 g/mol. The summed E-state index contributed by atoms with van der Waals surface area (Å²) >= 11 is 0. The number of fused-ring (bicyclic) bond motifs is 1. The molecule has 0 aliphatic heterocycles. The number of hydrogen-bond acceptors (Lipinski definition) is 4. The van der Waals surface area contributed by atoms with E-state index in [2.05, 4.69) is 15.2 Å². The van der Waals surface area contributed by atoms with Gasteiger partial charge in [-0.15, -0.1) is 10.2 Å². The number of rotatable bonds is 4. The molecule has 0 spiro atoms. The number of aromatic nitrogens is 4. The van der Waals surface area contributed by atoms with E-state index in [0.717, 1.165) is 0 Å². The molecule has 5 nitrogen and oxygen atoms in total. The van der Waals surface area contributed by atoms with Crippen molar-refractivity contribution in [2.45, 2.75) is 31.3 Å². The lowest BCUT2D eigenvalue weighted by molar-refractivity contribution is -0.134. The van der Waals surface area contributed by atoms with Crippen LogP contribution in [0.2, 0.25) is 0 Å². The second-order valence-electron chi connectivity index (χ2n) is 5.89. The summed E-state index contributed by atoms with van der Waals surface area (Å²) in [7, 11) is 0. The molecule has 1 aliphatic carbocycles. The third-order valence-corrected chi connectivity index (χ3v) is 4.02. The van der Waals surface area contributed by atoms with Crippen molar-refractivity contribution >= 4 is 5.65 Å². The Morgan fingerprint density at radius 3 is 2.48 bits per heavy atom. The van der Waals surface area contributed by atoms with Crippen LogP contribution in [0.15, 0.2) is 36.7 Å². The van der Waals surface area contributed by atoms with Crippen molar-refractivity contribution in [3.63, 3.8) is 0 Å². The Hall–Kier alpha value is -2.71. The van der Waals surface area contributed by atoms with Gasteiger partial charge in [-0.1, -0.05) is 0 Å². The number of halogens is 4. The fourth-order valence-electron chi connectivity index (χ4n) is 2.70. The zero-order valence-electron chi connectivity index (χ0n) is 12.7. The van der Waals surface area contributed by atoms with Crippen molar-refractivity contribution in [1.82, 2.24) is 19.6 Å². The van der Waals surface area contributed by atoms with Crippen molar-refractivity contribution < 1.29 is 22.3 Å². The van der Waals surface area contributed by atoms with Crippen LogP contribution >= 0.6 is 0 Å². The Kier molecular flexibility index (Phi) is 3.59. The maximum atomic E-state index is 12.9. The molecule has 0 amide bonds. The van der Waals surface area contributed by atoms with Gasteiger partial charge in [0.25, 0.3) is 12.3 Å². The Morgan fingerprint density at radius 2 is 1.84 bits per heavy atom. The fourth-order valence-corrected chi connectivity index (χ4v) is 2.70. The number of alkyl halides is 4. The van der Waals surface area contributed by atoms with Gasteiger partial charge < -0.3 is 4.74 Å². The summed E-state index contributed by atoms with van der Waals surface area (Å²) in [4.78, 5) is 4.18. The summed E-state index contributed by atoms with van der Waals surface area (Å²) in [5, 5.41) is 7.08. The molecular formula is C16H12F4N4O. The van der Waals surface area contributed by atoms with Crippen molar-refractivity contribution in [3.05, 3.63) is 42.5 Å². The first kappa shape index (κ1) is 15.8. The number of nitrogens with zero attached hydrogens (tertiary/aromatic N) is 4. The molecule has 1 fully saturated rings. The first-order valence-electron chi connectivity index (χ1n) is 7.55. The van der Waals surface area contributed by atoms with E-state index in [4.69, 9.17) is 4.74 Å². The lowest BCUT2D eigenvalue weighted by atomic mass is 9.91. The average molecular weight is 352 g/mol. The second-order valence-corrected chi connectivity index (χ2v) is 5.89. The molecule has 1 saturated carbocycles. The highest BCUT2D eigenvalue weighted by Gasteiger charge is 2.46. The van der Waals surface area contributed by atoms with E-state index in [9.17, 15) is 17.6 Å². The summed E-state index contributed by atoms with van der Waals surface area (Å²) in [6.45, 7) is 0. The van der Waals surface area contributed by atoms with E-state index >= 15 is 0 Å². The highest BCUT2D eigenvalue weighted by atomic mass is 19.3. The zero-order valence-corrected chi connectivity index (χ0v) is 12.7. The molecule has 0 atom stereocenters. The van der Waals surface area contributed by atoms with Crippen LogP contribution in [-0.4, -0.2) is 31.6 Å². The van der Waals surface area contributed by atoms with E-state index in [0.29, 0.717) is 17.0 Å². The average Bonchev–Trinajstić information content (AvgIpc) is 2.97. The molecule has 3 aromatic rings. The minimum atomic E-state index is -2.75. The van der Waals surface area contributed by atoms with Gasteiger partial charge in [0.1, 0.15) is 11.9 Å². The van der Waals surface area contributed by atoms with Crippen LogP contribution < -0.4 is 4.74 Å². The Balaban J connectivity index is 1.55. The number of hydrogen-bond donors (Lipinski definition) is 0. The Morgan fingerprint density at radius 1 is 1.12 bits per heavy atom. The normalized spacial score (nSPS) is 17.0. The largest absolute Gasteiger partial charge is 0.490 e. The third kappa shape index (κ3) is 3.01. The van der Waals surface area contributed by atoms with Crippen molar-refractivity contribution in [3.8, 4) is 17.0 Å². The Bertz CT molecular complexity index is 902. The highest BCUT2D eigenvalue weighted by molar-refractivity contribution is 5.60. The summed E-state index contributed by atoms with van der Waals surface area (Å²) in [5.74, 6) is -2.61. The van der Waals surface area contributed by atoms with Gasteiger partial charge in [-0.2, -0.15) is 0 Å². The topological polar surface area (TPSA) is 52.3 Å². The molecule has 2 aromatic heterocycles. The van der Waals surface area contributed by atoms with E-state index in [1.807, 2.05) is 0 Å². The maximum Gasteiger partial charge on any atom is 0.297 e. The summed E-state index contributed by atoms with van der Waals surface area (Å²) in [5.41, 5.74) is 1.35. The zero-order chi connectivity index (χ0) is 17.6. The Labute approximate surface area is 139 Å².